The molecule has 0 radical (unpaired) electrons. The molecule has 1 aliphatic heterocycles. The van der Waals surface area contributed by atoms with Crippen molar-refractivity contribution < 1.29 is 18.1 Å². The number of halogens is 2. The zero-order chi connectivity index (χ0) is 19.0. The second kappa shape index (κ2) is 6.61. The van der Waals surface area contributed by atoms with Crippen molar-refractivity contribution in [2.75, 3.05) is 11.4 Å². The van der Waals surface area contributed by atoms with Crippen molar-refractivity contribution in [3.8, 4) is 17.5 Å². The summed E-state index contributed by atoms with van der Waals surface area (Å²) in [5.41, 5.74) is 1.33. The number of nitriles is 1. The van der Waals surface area contributed by atoms with Gasteiger partial charge in [0.25, 0.3) is 5.89 Å². The van der Waals surface area contributed by atoms with Gasteiger partial charge in [0.15, 0.2) is 5.82 Å². The van der Waals surface area contributed by atoms with Crippen LogP contribution in [0.5, 0.6) is 0 Å². The van der Waals surface area contributed by atoms with Crippen LogP contribution in [0.2, 0.25) is 0 Å². The molecule has 0 spiro atoms. The lowest BCUT2D eigenvalue weighted by Crippen LogP contribution is -2.24. The molecule has 2 heterocycles. The van der Waals surface area contributed by atoms with Gasteiger partial charge in [-0.3, -0.25) is 4.79 Å². The Bertz CT molecular complexity index is 1040. The third-order valence-corrected chi connectivity index (χ3v) is 4.35. The lowest BCUT2D eigenvalue weighted by Gasteiger charge is -2.16. The number of nitrogens with zero attached hydrogens (tertiary/aromatic N) is 4. The van der Waals surface area contributed by atoms with E-state index in [1.54, 1.807) is 24.3 Å². The number of aromatic nitrogens is 2. The van der Waals surface area contributed by atoms with E-state index in [2.05, 4.69) is 10.1 Å². The van der Waals surface area contributed by atoms with E-state index in [-0.39, 0.29) is 36.4 Å². The normalized spacial score (nSPS) is 16.6. The molecule has 1 saturated heterocycles. The summed E-state index contributed by atoms with van der Waals surface area (Å²) in [4.78, 5) is 17.9. The number of anilines is 1. The molecule has 1 atom stereocenters. The van der Waals surface area contributed by atoms with Gasteiger partial charge in [-0.25, -0.2) is 8.78 Å². The van der Waals surface area contributed by atoms with E-state index in [1.165, 1.54) is 4.90 Å². The smallest absolute Gasteiger partial charge is 0.257 e. The fourth-order valence-electron chi connectivity index (χ4n) is 3.03. The van der Waals surface area contributed by atoms with E-state index in [4.69, 9.17) is 9.78 Å². The van der Waals surface area contributed by atoms with Crippen molar-refractivity contribution in [2.24, 2.45) is 0 Å². The van der Waals surface area contributed by atoms with Gasteiger partial charge in [-0.05, 0) is 36.4 Å². The summed E-state index contributed by atoms with van der Waals surface area (Å²) in [6, 6.07) is 11.7. The van der Waals surface area contributed by atoms with E-state index in [0.29, 0.717) is 17.0 Å². The molecule has 27 heavy (non-hydrogen) atoms. The largest absolute Gasteiger partial charge is 0.334 e. The monoisotopic (exact) mass is 366 g/mol. The Hall–Kier alpha value is -3.60. The third kappa shape index (κ3) is 3.27. The van der Waals surface area contributed by atoms with E-state index >= 15 is 0 Å². The molecule has 3 aromatic rings. The number of carbonyl (C=O) groups is 1. The van der Waals surface area contributed by atoms with Crippen LogP contribution in [0.25, 0.3) is 11.5 Å². The van der Waals surface area contributed by atoms with E-state index in [0.717, 1.165) is 18.2 Å². The molecule has 134 valence electrons. The fraction of sp³-hybridized carbons (Fsp3) is 0.158. The predicted molar refractivity (Wildman–Crippen MR) is 90.5 cm³/mol. The van der Waals surface area contributed by atoms with Crippen LogP contribution in [-0.2, 0) is 4.79 Å². The summed E-state index contributed by atoms with van der Waals surface area (Å²) in [6.07, 6.45) is 0.116. The fourth-order valence-corrected chi connectivity index (χ4v) is 3.03. The number of carbonyl (C=O) groups excluding carboxylic acids is 1. The van der Waals surface area contributed by atoms with Crippen LogP contribution in [0.1, 0.15) is 23.7 Å². The molecule has 0 bridgehead atoms. The predicted octanol–water partition coefficient (Wildman–Crippen LogP) is 3.41. The Morgan fingerprint density at radius 1 is 1.15 bits per heavy atom. The molecule has 1 aromatic heterocycles. The molecule has 1 fully saturated rings. The second-order valence-electron chi connectivity index (χ2n) is 6.18. The Kier molecular flexibility index (Phi) is 4.12. The van der Waals surface area contributed by atoms with Crippen molar-refractivity contribution in [2.45, 2.75) is 12.3 Å². The number of rotatable bonds is 3. The number of hydrogen-bond acceptors (Lipinski definition) is 5. The zero-order valence-electron chi connectivity index (χ0n) is 13.9. The minimum Gasteiger partial charge on any atom is -0.334 e. The Morgan fingerprint density at radius 3 is 2.52 bits per heavy atom. The van der Waals surface area contributed by atoms with Crippen molar-refractivity contribution in [3.05, 3.63) is 65.5 Å². The van der Waals surface area contributed by atoms with Crippen LogP contribution in [0.15, 0.2) is 47.0 Å². The molecule has 6 nitrogen and oxygen atoms in total. The SMILES string of the molecule is N#Cc1ccc(-c2nc(C3CC(=O)N(c4cc(F)cc(F)c4)C3)no2)cc1. The highest BCUT2D eigenvalue weighted by Crippen LogP contribution is 2.32. The summed E-state index contributed by atoms with van der Waals surface area (Å²) >= 11 is 0. The summed E-state index contributed by atoms with van der Waals surface area (Å²) in [5, 5.41) is 12.8. The molecule has 0 N–H and O–H groups in total. The first-order chi connectivity index (χ1) is 13.0. The molecule has 8 heteroatoms. The van der Waals surface area contributed by atoms with Crippen LogP contribution < -0.4 is 4.90 Å². The van der Waals surface area contributed by atoms with Crippen molar-refractivity contribution in [3.63, 3.8) is 0 Å². The molecular formula is C19H12F2N4O2. The Labute approximate surface area is 152 Å². The lowest BCUT2D eigenvalue weighted by molar-refractivity contribution is -0.117. The van der Waals surface area contributed by atoms with Gasteiger partial charge in [0.1, 0.15) is 11.6 Å². The standard InChI is InChI=1S/C19H12F2N4O2/c20-14-6-15(21)8-16(7-14)25-10-13(5-17(25)26)18-23-19(27-24-18)12-3-1-11(9-22)2-4-12/h1-4,6-8,13H,5,10H2. The van der Waals surface area contributed by atoms with Crippen LogP contribution >= 0.6 is 0 Å². The molecule has 4 rings (SSSR count). The second-order valence-corrected chi connectivity index (χ2v) is 6.18. The third-order valence-electron chi connectivity index (χ3n) is 4.35. The van der Waals surface area contributed by atoms with Crippen LogP contribution in [-0.4, -0.2) is 22.6 Å². The maximum Gasteiger partial charge on any atom is 0.257 e. The quantitative estimate of drug-likeness (QED) is 0.709. The summed E-state index contributed by atoms with van der Waals surface area (Å²) in [7, 11) is 0. The minimum atomic E-state index is -0.746. The first-order valence-corrected chi connectivity index (χ1v) is 8.14. The first kappa shape index (κ1) is 16.8. The molecular weight excluding hydrogens is 354 g/mol. The number of amides is 1. The molecule has 0 aliphatic carbocycles. The average Bonchev–Trinajstić information content (AvgIpc) is 3.28. The van der Waals surface area contributed by atoms with Gasteiger partial charge in [-0.15, -0.1) is 0 Å². The zero-order valence-corrected chi connectivity index (χ0v) is 13.9. The van der Waals surface area contributed by atoms with Gasteiger partial charge in [0, 0.05) is 36.2 Å². The highest BCUT2D eigenvalue weighted by atomic mass is 19.1. The van der Waals surface area contributed by atoms with Crippen molar-refractivity contribution in [1.29, 1.82) is 5.26 Å². The summed E-state index contributed by atoms with van der Waals surface area (Å²) in [5.74, 6) is -1.48. The van der Waals surface area contributed by atoms with Gasteiger partial charge in [-0.2, -0.15) is 10.2 Å². The lowest BCUT2D eigenvalue weighted by atomic mass is 10.1. The summed E-state index contributed by atoms with van der Waals surface area (Å²) < 4.78 is 32.1. The average molecular weight is 366 g/mol. The van der Waals surface area contributed by atoms with E-state index < -0.39 is 11.6 Å². The Morgan fingerprint density at radius 2 is 1.85 bits per heavy atom. The Balaban J connectivity index is 1.55. The minimum absolute atomic E-state index is 0.116. The van der Waals surface area contributed by atoms with Gasteiger partial charge in [0.05, 0.1) is 11.6 Å². The van der Waals surface area contributed by atoms with E-state index in [1.807, 2.05) is 6.07 Å². The van der Waals surface area contributed by atoms with E-state index in [9.17, 15) is 13.6 Å². The summed E-state index contributed by atoms with van der Waals surface area (Å²) in [6.45, 7) is 0.202. The number of hydrogen-bond donors (Lipinski definition) is 0. The molecule has 0 saturated carbocycles. The highest BCUT2D eigenvalue weighted by Gasteiger charge is 2.35. The number of benzene rings is 2. The highest BCUT2D eigenvalue weighted by molar-refractivity contribution is 5.96. The maximum absolute atomic E-state index is 13.4. The van der Waals surface area contributed by atoms with Crippen molar-refractivity contribution in [1.82, 2.24) is 10.1 Å². The molecule has 2 aromatic carbocycles. The van der Waals surface area contributed by atoms with Crippen molar-refractivity contribution >= 4 is 11.6 Å². The van der Waals surface area contributed by atoms with Gasteiger partial charge in [-0.1, -0.05) is 5.16 Å². The van der Waals surface area contributed by atoms with Gasteiger partial charge in [0.2, 0.25) is 5.91 Å². The van der Waals surface area contributed by atoms with Crippen LogP contribution in [0, 0.1) is 23.0 Å². The molecule has 1 amide bonds. The van der Waals surface area contributed by atoms with Crippen LogP contribution in [0.4, 0.5) is 14.5 Å². The molecule has 1 aliphatic rings. The topological polar surface area (TPSA) is 83.0 Å². The maximum atomic E-state index is 13.4. The van der Waals surface area contributed by atoms with Gasteiger partial charge >= 0.3 is 0 Å². The van der Waals surface area contributed by atoms with Crippen LogP contribution in [0.3, 0.4) is 0 Å². The van der Waals surface area contributed by atoms with Gasteiger partial charge < -0.3 is 9.42 Å². The molecule has 1 unspecified atom stereocenters. The first-order valence-electron chi connectivity index (χ1n) is 8.14.